The van der Waals surface area contributed by atoms with Crippen molar-refractivity contribution in [3.05, 3.63) is 35.4 Å². The average molecular weight is 273 g/mol. The highest BCUT2D eigenvalue weighted by Crippen LogP contribution is 2.37. The highest BCUT2D eigenvalue weighted by Gasteiger charge is 2.26. The van der Waals surface area contributed by atoms with Crippen LogP contribution in [0, 0.1) is 0 Å². The first-order valence-corrected chi connectivity index (χ1v) is 8.33. The molecule has 2 atom stereocenters. The van der Waals surface area contributed by atoms with E-state index in [1.54, 1.807) is 0 Å². The highest BCUT2D eigenvalue weighted by molar-refractivity contribution is 5.29. The number of ether oxygens (including phenoxy) is 1. The number of benzene rings is 1. The first kappa shape index (κ1) is 14.1. The minimum Gasteiger partial charge on any atom is -0.376 e. The predicted molar refractivity (Wildman–Crippen MR) is 83.0 cm³/mol. The van der Waals surface area contributed by atoms with Crippen LogP contribution < -0.4 is 5.32 Å². The summed E-state index contributed by atoms with van der Waals surface area (Å²) in [5.74, 6) is 0.826. The van der Waals surface area contributed by atoms with Crippen LogP contribution in [0.25, 0.3) is 0 Å². The lowest BCUT2D eigenvalue weighted by Crippen LogP contribution is -2.36. The summed E-state index contributed by atoms with van der Waals surface area (Å²) >= 11 is 0. The maximum Gasteiger partial charge on any atom is 0.0769 e. The molecular formula is C18H27NO. The molecule has 1 aliphatic carbocycles. The van der Waals surface area contributed by atoms with Crippen LogP contribution in [-0.4, -0.2) is 19.3 Å². The standard InChI is InChI=1S/C18H27NO/c1-2-19-18(17-8-3-4-13-20-17)16-11-9-15(10-12-16)14-6-5-7-14/h9-12,14,17-19H,2-8,13H2,1H3. The Morgan fingerprint density at radius 3 is 2.45 bits per heavy atom. The molecule has 2 aliphatic rings. The van der Waals surface area contributed by atoms with Gasteiger partial charge in [-0.1, -0.05) is 37.6 Å². The molecule has 1 aromatic rings. The van der Waals surface area contributed by atoms with Crippen molar-refractivity contribution in [1.29, 1.82) is 0 Å². The van der Waals surface area contributed by atoms with Crippen LogP contribution in [0.15, 0.2) is 24.3 Å². The van der Waals surface area contributed by atoms with Gasteiger partial charge in [0.15, 0.2) is 0 Å². The summed E-state index contributed by atoms with van der Waals surface area (Å²) < 4.78 is 5.99. The van der Waals surface area contributed by atoms with Gasteiger partial charge >= 0.3 is 0 Å². The third-order valence-electron chi connectivity index (χ3n) is 4.88. The Kier molecular flexibility index (Phi) is 4.74. The fraction of sp³-hybridized carbons (Fsp3) is 0.667. The second-order valence-electron chi connectivity index (χ2n) is 6.23. The number of likely N-dealkylation sites (N-methyl/N-ethyl adjacent to an activating group) is 1. The lowest BCUT2D eigenvalue weighted by Gasteiger charge is -2.32. The van der Waals surface area contributed by atoms with E-state index in [1.807, 2.05) is 0 Å². The number of hydrogen-bond donors (Lipinski definition) is 1. The summed E-state index contributed by atoms with van der Waals surface area (Å²) in [6.07, 6.45) is 8.20. The molecule has 1 saturated carbocycles. The first-order chi connectivity index (χ1) is 9.88. The fourth-order valence-electron chi connectivity index (χ4n) is 3.43. The molecule has 0 amide bonds. The van der Waals surface area contributed by atoms with Gasteiger partial charge in [-0.25, -0.2) is 0 Å². The Labute approximate surface area is 122 Å². The Morgan fingerprint density at radius 1 is 1.10 bits per heavy atom. The first-order valence-electron chi connectivity index (χ1n) is 8.33. The molecule has 110 valence electrons. The van der Waals surface area contributed by atoms with Gasteiger partial charge in [-0.15, -0.1) is 0 Å². The van der Waals surface area contributed by atoms with Crippen LogP contribution >= 0.6 is 0 Å². The zero-order valence-corrected chi connectivity index (χ0v) is 12.6. The molecule has 2 nitrogen and oxygen atoms in total. The summed E-state index contributed by atoms with van der Waals surface area (Å²) in [7, 11) is 0. The fourth-order valence-corrected chi connectivity index (χ4v) is 3.43. The van der Waals surface area contributed by atoms with Gasteiger partial charge < -0.3 is 10.1 Å². The lowest BCUT2D eigenvalue weighted by atomic mass is 9.79. The minimum absolute atomic E-state index is 0.346. The van der Waals surface area contributed by atoms with Crippen LogP contribution in [0.2, 0.25) is 0 Å². The van der Waals surface area contributed by atoms with E-state index in [9.17, 15) is 0 Å². The van der Waals surface area contributed by atoms with Crippen LogP contribution in [0.3, 0.4) is 0 Å². The molecule has 0 bridgehead atoms. The third-order valence-corrected chi connectivity index (χ3v) is 4.88. The van der Waals surface area contributed by atoms with Crippen LogP contribution in [-0.2, 0) is 4.74 Å². The predicted octanol–water partition coefficient (Wildman–Crippen LogP) is 4.17. The highest BCUT2D eigenvalue weighted by atomic mass is 16.5. The summed E-state index contributed by atoms with van der Waals surface area (Å²) in [5, 5.41) is 3.62. The molecule has 2 heteroatoms. The maximum absolute atomic E-state index is 5.99. The van der Waals surface area contributed by atoms with E-state index < -0.39 is 0 Å². The van der Waals surface area contributed by atoms with E-state index in [-0.39, 0.29) is 0 Å². The average Bonchev–Trinajstić information content (AvgIpc) is 2.45. The molecule has 0 spiro atoms. The van der Waals surface area contributed by atoms with Gasteiger partial charge in [-0.2, -0.15) is 0 Å². The molecule has 1 heterocycles. The molecular weight excluding hydrogens is 246 g/mol. The van der Waals surface area contributed by atoms with Crippen molar-refractivity contribution in [2.24, 2.45) is 0 Å². The van der Waals surface area contributed by atoms with Crippen LogP contribution in [0.4, 0.5) is 0 Å². The van der Waals surface area contributed by atoms with Crippen molar-refractivity contribution >= 4 is 0 Å². The molecule has 3 rings (SSSR count). The largest absolute Gasteiger partial charge is 0.376 e. The Balaban J connectivity index is 1.72. The second-order valence-corrected chi connectivity index (χ2v) is 6.23. The minimum atomic E-state index is 0.346. The summed E-state index contributed by atoms with van der Waals surface area (Å²) in [5.41, 5.74) is 2.92. The molecule has 2 unspecified atom stereocenters. The monoisotopic (exact) mass is 273 g/mol. The third kappa shape index (κ3) is 3.07. The molecule has 2 fully saturated rings. The van der Waals surface area contributed by atoms with Crippen LogP contribution in [0.5, 0.6) is 0 Å². The Bertz CT molecular complexity index is 404. The number of hydrogen-bond acceptors (Lipinski definition) is 2. The molecule has 1 aliphatic heterocycles. The van der Waals surface area contributed by atoms with E-state index in [2.05, 4.69) is 36.5 Å². The molecule has 1 saturated heterocycles. The number of nitrogens with one attached hydrogen (secondary N) is 1. The van der Waals surface area contributed by atoms with Crippen LogP contribution in [0.1, 0.15) is 68.5 Å². The van der Waals surface area contributed by atoms with Crippen molar-refractivity contribution in [3.63, 3.8) is 0 Å². The SMILES string of the molecule is CCNC(c1ccc(C2CCC2)cc1)C1CCCCO1. The zero-order valence-electron chi connectivity index (χ0n) is 12.6. The van der Waals surface area contributed by atoms with E-state index in [4.69, 9.17) is 4.74 Å². The van der Waals surface area contributed by atoms with Crippen molar-refractivity contribution in [3.8, 4) is 0 Å². The maximum atomic E-state index is 5.99. The van der Waals surface area contributed by atoms with Crippen molar-refractivity contribution in [2.45, 2.75) is 63.5 Å². The Morgan fingerprint density at radius 2 is 1.90 bits per heavy atom. The smallest absolute Gasteiger partial charge is 0.0769 e. The van der Waals surface area contributed by atoms with Gasteiger partial charge in [0, 0.05) is 6.61 Å². The van der Waals surface area contributed by atoms with Crippen molar-refractivity contribution in [1.82, 2.24) is 5.32 Å². The Hall–Kier alpha value is -0.860. The summed E-state index contributed by atoms with van der Waals surface area (Å²) in [6.45, 7) is 4.10. The van der Waals surface area contributed by atoms with E-state index in [1.165, 1.54) is 49.7 Å². The van der Waals surface area contributed by atoms with Gasteiger partial charge in [0.1, 0.15) is 0 Å². The molecule has 1 aromatic carbocycles. The van der Waals surface area contributed by atoms with E-state index in [0.29, 0.717) is 12.1 Å². The summed E-state index contributed by atoms with van der Waals surface area (Å²) in [6, 6.07) is 9.67. The van der Waals surface area contributed by atoms with E-state index in [0.717, 1.165) is 19.1 Å². The van der Waals surface area contributed by atoms with Gasteiger partial charge in [0.2, 0.25) is 0 Å². The molecule has 20 heavy (non-hydrogen) atoms. The quantitative estimate of drug-likeness (QED) is 0.869. The van der Waals surface area contributed by atoms with Gasteiger partial charge in [0.05, 0.1) is 12.1 Å². The molecule has 1 N–H and O–H groups in total. The number of rotatable bonds is 5. The van der Waals surface area contributed by atoms with Gasteiger partial charge in [-0.3, -0.25) is 0 Å². The van der Waals surface area contributed by atoms with Gasteiger partial charge in [0.25, 0.3) is 0 Å². The van der Waals surface area contributed by atoms with Gasteiger partial charge in [-0.05, 0) is 55.7 Å². The zero-order chi connectivity index (χ0) is 13.8. The second kappa shape index (κ2) is 6.73. The summed E-state index contributed by atoms with van der Waals surface area (Å²) in [4.78, 5) is 0. The topological polar surface area (TPSA) is 21.3 Å². The normalized spacial score (nSPS) is 25.1. The lowest BCUT2D eigenvalue weighted by molar-refractivity contribution is -0.00786. The van der Waals surface area contributed by atoms with E-state index >= 15 is 0 Å². The van der Waals surface area contributed by atoms with Crippen molar-refractivity contribution in [2.75, 3.05) is 13.2 Å². The molecule has 0 aromatic heterocycles. The van der Waals surface area contributed by atoms with Crippen molar-refractivity contribution < 1.29 is 4.74 Å². The molecule has 0 radical (unpaired) electrons.